The molecule has 0 spiro atoms. The van der Waals surface area contributed by atoms with Gasteiger partial charge in [0.1, 0.15) is 5.54 Å². The normalized spacial score (nSPS) is 41.7. The highest BCUT2D eigenvalue weighted by molar-refractivity contribution is 5.79. The summed E-state index contributed by atoms with van der Waals surface area (Å²) in [5.41, 5.74) is -0.337. The Bertz CT molecular complexity index is 290. The van der Waals surface area contributed by atoms with Crippen molar-refractivity contribution in [1.82, 2.24) is 5.32 Å². The van der Waals surface area contributed by atoms with Gasteiger partial charge >= 0.3 is 5.97 Å². The highest BCUT2D eigenvalue weighted by atomic mass is 16.4. The van der Waals surface area contributed by atoms with Gasteiger partial charge in [-0.2, -0.15) is 0 Å². The number of carbonyl (C=O) groups is 1. The maximum absolute atomic E-state index is 11.5. The summed E-state index contributed by atoms with van der Waals surface area (Å²) in [5.74, 6) is 0.0311. The zero-order chi connectivity index (χ0) is 12.0. The van der Waals surface area contributed by atoms with Gasteiger partial charge < -0.3 is 5.11 Å². The van der Waals surface area contributed by atoms with E-state index in [0.29, 0.717) is 17.4 Å². The van der Waals surface area contributed by atoms with Crippen LogP contribution in [-0.4, -0.2) is 22.7 Å². The molecule has 2 aliphatic carbocycles. The average Bonchev–Trinajstić information content (AvgIpc) is 2.77. The van der Waals surface area contributed by atoms with E-state index in [2.05, 4.69) is 26.1 Å². The lowest BCUT2D eigenvalue weighted by Crippen LogP contribution is -2.55. The molecule has 16 heavy (non-hydrogen) atoms. The molecule has 0 heterocycles. The molecule has 2 fully saturated rings. The fourth-order valence-electron chi connectivity index (χ4n) is 2.72. The Balaban J connectivity index is 2.03. The topological polar surface area (TPSA) is 49.3 Å². The fraction of sp³-hybridized carbons (Fsp3) is 0.923. The van der Waals surface area contributed by atoms with Crippen LogP contribution in [0.15, 0.2) is 0 Å². The molecule has 0 bridgehead atoms. The van der Waals surface area contributed by atoms with Crippen LogP contribution >= 0.6 is 0 Å². The van der Waals surface area contributed by atoms with Crippen molar-refractivity contribution in [3.63, 3.8) is 0 Å². The van der Waals surface area contributed by atoms with Crippen molar-refractivity contribution < 1.29 is 9.90 Å². The molecule has 0 amide bonds. The Labute approximate surface area is 97.6 Å². The molecule has 2 aliphatic rings. The van der Waals surface area contributed by atoms with Crippen molar-refractivity contribution in [2.45, 2.75) is 64.5 Å². The van der Waals surface area contributed by atoms with Crippen molar-refractivity contribution in [3.05, 3.63) is 0 Å². The first-order chi connectivity index (χ1) is 7.36. The molecule has 0 aromatic rings. The zero-order valence-corrected chi connectivity index (χ0v) is 10.5. The Kier molecular flexibility index (Phi) is 2.77. The second-order valence-corrected chi connectivity index (χ2v) is 6.46. The highest BCUT2D eigenvalue weighted by Gasteiger charge is 2.52. The first-order valence-corrected chi connectivity index (χ1v) is 6.37. The Morgan fingerprint density at radius 1 is 1.31 bits per heavy atom. The van der Waals surface area contributed by atoms with E-state index in [1.54, 1.807) is 0 Å². The first-order valence-electron chi connectivity index (χ1n) is 6.37. The summed E-state index contributed by atoms with van der Waals surface area (Å²) in [7, 11) is 0. The Morgan fingerprint density at radius 3 is 2.19 bits per heavy atom. The summed E-state index contributed by atoms with van der Waals surface area (Å²) < 4.78 is 0. The van der Waals surface area contributed by atoms with Crippen LogP contribution in [0.25, 0.3) is 0 Å². The number of aliphatic carboxylic acids is 1. The lowest BCUT2D eigenvalue weighted by molar-refractivity contribution is -0.147. The van der Waals surface area contributed by atoms with Gasteiger partial charge in [0, 0.05) is 6.04 Å². The Morgan fingerprint density at radius 2 is 1.81 bits per heavy atom. The van der Waals surface area contributed by atoms with E-state index in [0.717, 1.165) is 32.1 Å². The molecular formula is C13H23NO2. The summed E-state index contributed by atoms with van der Waals surface area (Å²) in [6.45, 7) is 6.62. The van der Waals surface area contributed by atoms with Crippen molar-refractivity contribution in [1.29, 1.82) is 0 Å². The summed E-state index contributed by atoms with van der Waals surface area (Å²) in [4.78, 5) is 11.5. The van der Waals surface area contributed by atoms with E-state index < -0.39 is 11.5 Å². The molecular weight excluding hydrogens is 202 g/mol. The van der Waals surface area contributed by atoms with Gasteiger partial charge in [0.25, 0.3) is 0 Å². The molecule has 0 aromatic carbocycles. The van der Waals surface area contributed by atoms with Crippen LogP contribution in [0.2, 0.25) is 0 Å². The number of nitrogens with one attached hydrogen (secondary N) is 1. The van der Waals surface area contributed by atoms with Gasteiger partial charge in [0.2, 0.25) is 0 Å². The second kappa shape index (κ2) is 3.73. The summed E-state index contributed by atoms with van der Waals surface area (Å²) in [6.07, 6.45) is 4.75. The molecule has 2 N–H and O–H groups in total. The van der Waals surface area contributed by atoms with Gasteiger partial charge in [-0.15, -0.1) is 0 Å². The van der Waals surface area contributed by atoms with Crippen molar-refractivity contribution in [3.8, 4) is 0 Å². The lowest BCUT2D eigenvalue weighted by Gasteiger charge is -2.37. The molecule has 0 aliphatic heterocycles. The van der Waals surface area contributed by atoms with Gasteiger partial charge in [-0.1, -0.05) is 20.8 Å². The third kappa shape index (κ3) is 2.10. The third-order valence-electron chi connectivity index (χ3n) is 4.50. The number of hydrogen-bond acceptors (Lipinski definition) is 2. The van der Waals surface area contributed by atoms with E-state index >= 15 is 0 Å². The van der Waals surface area contributed by atoms with Crippen molar-refractivity contribution >= 4 is 5.97 Å². The van der Waals surface area contributed by atoms with E-state index in [1.165, 1.54) is 0 Å². The summed E-state index contributed by atoms with van der Waals surface area (Å²) in [6, 6.07) is 0.400. The number of carboxylic acids is 1. The number of hydrogen-bond donors (Lipinski definition) is 2. The standard InChI is InChI=1S/C13H23NO2/c1-9-4-6-13(7-5-9,11(15)16)14-10-8-12(10,2)3/h9-10,14H,4-8H2,1-3H3,(H,15,16). The molecule has 3 heteroatoms. The molecule has 0 saturated heterocycles. The van der Waals surface area contributed by atoms with Crippen LogP contribution in [0.3, 0.4) is 0 Å². The van der Waals surface area contributed by atoms with E-state index in [-0.39, 0.29) is 0 Å². The molecule has 0 aromatic heterocycles. The molecule has 1 unspecified atom stereocenters. The SMILES string of the molecule is CC1CCC(NC2CC2(C)C)(C(=O)O)CC1. The predicted molar refractivity (Wildman–Crippen MR) is 63.3 cm³/mol. The average molecular weight is 225 g/mol. The largest absolute Gasteiger partial charge is 0.480 e. The van der Waals surface area contributed by atoms with E-state index in [4.69, 9.17) is 0 Å². The van der Waals surface area contributed by atoms with E-state index in [9.17, 15) is 9.90 Å². The quantitative estimate of drug-likeness (QED) is 0.775. The predicted octanol–water partition coefficient (Wildman–Crippen LogP) is 2.41. The van der Waals surface area contributed by atoms with Crippen LogP contribution in [0.5, 0.6) is 0 Å². The minimum atomic E-state index is -0.651. The van der Waals surface area contributed by atoms with Crippen LogP contribution in [0, 0.1) is 11.3 Å². The smallest absolute Gasteiger partial charge is 0.323 e. The fourth-order valence-corrected chi connectivity index (χ4v) is 2.72. The maximum atomic E-state index is 11.5. The summed E-state index contributed by atoms with van der Waals surface area (Å²) >= 11 is 0. The van der Waals surface area contributed by atoms with Gasteiger partial charge in [-0.05, 0) is 43.4 Å². The maximum Gasteiger partial charge on any atom is 0.323 e. The first kappa shape index (κ1) is 11.9. The van der Waals surface area contributed by atoms with Gasteiger partial charge in [0.05, 0.1) is 0 Å². The minimum Gasteiger partial charge on any atom is -0.480 e. The zero-order valence-electron chi connectivity index (χ0n) is 10.5. The van der Waals surface area contributed by atoms with Gasteiger partial charge in [0.15, 0.2) is 0 Å². The molecule has 92 valence electrons. The van der Waals surface area contributed by atoms with E-state index in [1.807, 2.05) is 0 Å². The van der Waals surface area contributed by atoms with Crippen LogP contribution in [-0.2, 0) is 4.79 Å². The van der Waals surface area contributed by atoms with Crippen LogP contribution < -0.4 is 5.32 Å². The van der Waals surface area contributed by atoms with Gasteiger partial charge in [-0.25, -0.2) is 0 Å². The Hall–Kier alpha value is -0.570. The molecule has 0 radical (unpaired) electrons. The summed E-state index contributed by atoms with van der Waals surface area (Å²) in [5, 5.41) is 12.9. The molecule has 3 nitrogen and oxygen atoms in total. The second-order valence-electron chi connectivity index (χ2n) is 6.46. The highest BCUT2D eigenvalue weighted by Crippen LogP contribution is 2.47. The minimum absolute atomic E-state index is 0.297. The lowest BCUT2D eigenvalue weighted by atomic mass is 9.77. The van der Waals surface area contributed by atoms with Crippen molar-refractivity contribution in [2.24, 2.45) is 11.3 Å². The number of carboxylic acid groups (broad SMARTS) is 1. The van der Waals surface area contributed by atoms with Crippen LogP contribution in [0.4, 0.5) is 0 Å². The third-order valence-corrected chi connectivity index (χ3v) is 4.50. The van der Waals surface area contributed by atoms with Crippen molar-refractivity contribution in [2.75, 3.05) is 0 Å². The molecule has 2 rings (SSSR count). The van der Waals surface area contributed by atoms with Gasteiger partial charge in [-0.3, -0.25) is 10.1 Å². The molecule has 1 atom stereocenters. The molecule has 2 saturated carbocycles. The monoisotopic (exact) mass is 225 g/mol. The van der Waals surface area contributed by atoms with Crippen LogP contribution in [0.1, 0.15) is 52.9 Å². The number of rotatable bonds is 3.